The number of rotatable bonds is 4. The number of carbonyl (C=O) groups excluding carboxylic acids is 1. The van der Waals surface area contributed by atoms with Gasteiger partial charge in [-0.3, -0.25) is 4.79 Å². The third-order valence-electron chi connectivity index (χ3n) is 2.67. The highest BCUT2D eigenvalue weighted by Crippen LogP contribution is 2.27. The summed E-state index contributed by atoms with van der Waals surface area (Å²) in [5.41, 5.74) is 1.32. The maximum atomic E-state index is 10.7. The van der Waals surface area contributed by atoms with Crippen LogP contribution in [0.25, 0.3) is 0 Å². The molecule has 1 aliphatic rings. The van der Waals surface area contributed by atoms with Crippen LogP contribution in [0.1, 0.15) is 41.3 Å². The summed E-state index contributed by atoms with van der Waals surface area (Å²) in [6.07, 6.45) is 7.33. The molecule has 0 unspecified atom stereocenters. The molecule has 0 atom stereocenters. The van der Waals surface area contributed by atoms with Crippen LogP contribution in [0.5, 0.6) is 0 Å². The Morgan fingerprint density at radius 1 is 1.40 bits per heavy atom. The fourth-order valence-corrected chi connectivity index (χ4v) is 3.26. The summed E-state index contributed by atoms with van der Waals surface area (Å²) in [6.45, 7) is 0. The molecule has 0 aliphatic heterocycles. The van der Waals surface area contributed by atoms with Gasteiger partial charge in [0.05, 0.1) is 10.7 Å². The summed E-state index contributed by atoms with van der Waals surface area (Å²) in [7, 11) is 0. The minimum absolute atomic E-state index is 0.0173. The van der Waals surface area contributed by atoms with E-state index in [-0.39, 0.29) is 5.12 Å². The first kappa shape index (κ1) is 11.1. The van der Waals surface area contributed by atoms with E-state index in [0.717, 1.165) is 19.3 Å². The minimum atomic E-state index is -0.0173. The Bertz CT molecular complexity index is 336. The molecule has 1 aromatic rings. The summed E-state index contributed by atoms with van der Waals surface area (Å²) in [6, 6.07) is 0. The van der Waals surface area contributed by atoms with Gasteiger partial charge in [0.2, 0.25) is 0 Å². The summed E-state index contributed by atoms with van der Waals surface area (Å²) in [4.78, 5) is 16.8. The molecule has 0 saturated heterocycles. The standard InChI is InChI=1S/C11H15NOS2/c13-11(14)7-3-6-10-12-8-4-1-2-5-9(8)15-10/h1-7H2,(H,13,14). The highest BCUT2D eigenvalue weighted by atomic mass is 32.1. The van der Waals surface area contributed by atoms with Gasteiger partial charge in [0.1, 0.15) is 0 Å². The Morgan fingerprint density at radius 3 is 2.93 bits per heavy atom. The fourth-order valence-electron chi connectivity index (χ4n) is 1.90. The summed E-state index contributed by atoms with van der Waals surface area (Å²) in [5.74, 6) is 0. The Labute approximate surface area is 99.5 Å². The van der Waals surface area contributed by atoms with Crippen LogP contribution in [0.3, 0.4) is 0 Å². The van der Waals surface area contributed by atoms with Gasteiger partial charge in [0.25, 0.3) is 0 Å². The Balaban J connectivity index is 1.92. The van der Waals surface area contributed by atoms with E-state index in [9.17, 15) is 4.79 Å². The second-order valence-corrected chi connectivity index (χ2v) is 5.60. The lowest BCUT2D eigenvalue weighted by atomic mass is 10.0. The van der Waals surface area contributed by atoms with Crippen molar-refractivity contribution in [2.24, 2.45) is 0 Å². The van der Waals surface area contributed by atoms with Crippen LogP contribution in [0, 0.1) is 0 Å². The topological polar surface area (TPSA) is 30.0 Å². The molecular formula is C11H15NOS2. The second-order valence-electron chi connectivity index (χ2n) is 3.93. The first-order valence-electron chi connectivity index (χ1n) is 5.45. The number of fused-ring (bicyclic) bond motifs is 1. The van der Waals surface area contributed by atoms with Gasteiger partial charge < -0.3 is 0 Å². The second kappa shape index (κ2) is 5.12. The maximum Gasteiger partial charge on any atom is 0.185 e. The van der Waals surface area contributed by atoms with Crippen molar-refractivity contribution in [2.75, 3.05) is 0 Å². The highest BCUT2D eigenvalue weighted by molar-refractivity contribution is 7.96. The van der Waals surface area contributed by atoms with Gasteiger partial charge in [-0.2, -0.15) is 0 Å². The van der Waals surface area contributed by atoms with E-state index in [1.54, 1.807) is 0 Å². The average molecular weight is 241 g/mol. The van der Waals surface area contributed by atoms with Gasteiger partial charge in [-0.15, -0.1) is 24.0 Å². The lowest BCUT2D eigenvalue weighted by molar-refractivity contribution is -0.110. The molecule has 0 N–H and O–H groups in total. The van der Waals surface area contributed by atoms with E-state index < -0.39 is 0 Å². The lowest BCUT2D eigenvalue weighted by Crippen LogP contribution is -1.99. The SMILES string of the molecule is O=C(S)CCCc1nc2c(s1)CCCC2. The maximum absolute atomic E-state index is 10.7. The first-order chi connectivity index (χ1) is 7.25. The van der Waals surface area contributed by atoms with Crippen molar-refractivity contribution in [1.82, 2.24) is 4.98 Å². The molecule has 82 valence electrons. The monoisotopic (exact) mass is 241 g/mol. The van der Waals surface area contributed by atoms with E-state index in [4.69, 9.17) is 0 Å². The van der Waals surface area contributed by atoms with Crippen molar-refractivity contribution in [2.45, 2.75) is 44.9 Å². The van der Waals surface area contributed by atoms with Crippen LogP contribution >= 0.6 is 24.0 Å². The average Bonchev–Trinajstić information content (AvgIpc) is 2.59. The van der Waals surface area contributed by atoms with Crippen LogP contribution in [0.4, 0.5) is 0 Å². The van der Waals surface area contributed by atoms with Gasteiger partial charge in [0, 0.05) is 11.3 Å². The van der Waals surface area contributed by atoms with Crippen molar-refractivity contribution >= 4 is 29.1 Å². The molecule has 0 fully saturated rings. The Kier molecular flexibility index (Phi) is 3.81. The molecule has 4 heteroatoms. The number of hydrogen-bond acceptors (Lipinski definition) is 3. The van der Waals surface area contributed by atoms with Gasteiger partial charge in [0.15, 0.2) is 5.12 Å². The number of thiazole rings is 1. The molecule has 0 bridgehead atoms. The van der Waals surface area contributed by atoms with E-state index in [1.165, 1.54) is 34.8 Å². The zero-order valence-electron chi connectivity index (χ0n) is 8.66. The number of aryl methyl sites for hydroxylation is 3. The molecule has 0 radical (unpaired) electrons. The van der Waals surface area contributed by atoms with Crippen molar-refractivity contribution < 1.29 is 4.79 Å². The quantitative estimate of drug-likeness (QED) is 0.822. The predicted octanol–water partition coefficient (Wildman–Crippen LogP) is 2.80. The fraction of sp³-hybridized carbons (Fsp3) is 0.636. The Hall–Kier alpha value is -0.350. The van der Waals surface area contributed by atoms with Crippen LogP contribution in [0.2, 0.25) is 0 Å². The zero-order valence-corrected chi connectivity index (χ0v) is 10.4. The van der Waals surface area contributed by atoms with E-state index in [2.05, 4.69) is 17.6 Å². The minimum Gasteiger partial charge on any atom is -0.288 e. The van der Waals surface area contributed by atoms with Crippen molar-refractivity contribution in [3.8, 4) is 0 Å². The molecule has 2 rings (SSSR count). The molecule has 0 amide bonds. The van der Waals surface area contributed by atoms with Crippen LogP contribution in [0.15, 0.2) is 0 Å². The van der Waals surface area contributed by atoms with Crippen LogP contribution in [-0.4, -0.2) is 10.1 Å². The number of aromatic nitrogens is 1. The Morgan fingerprint density at radius 2 is 2.20 bits per heavy atom. The van der Waals surface area contributed by atoms with Gasteiger partial charge >= 0.3 is 0 Å². The number of hydrogen-bond donors (Lipinski definition) is 1. The van der Waals surface area contributed by atoms with Gasteiger partial charge in [-0.05, 0) is 38.5 Å². The summed E-state index contributed by atoms with van der Waals surface area (Å²) >= 11 is 5.60. The van der Waals surface area contributed by atoms with E-state index in [1.807, 2.05) is 11.3 Å². The number of thiol groups is 1. The zero-order chi connectivity index (χ0) is 10.7. The third kappa shape index (κ3) is 3.05. The molecule has 15 heavy (non-hydrogen) atoms. The molecule has 0 aromatic carbocycles. The summed E-state index contributed by atoms with van der Waals surface area (Å²) in [5, 5.41) is 1.19. The first-order valence-corrected chi connectivity index (χ1v) is 6.71. The number of nitrogens with zero attached hydrogens (tertiary/aromatic N) is 1. The molecule has 0 saturated carbocycles. The van der Waals surface area contributed by atoms with Crippen molar-refractivity contribution in [1.29, 1.82) is 0 Å². The molecular weight excluding hydrogens is 226 g/mol. The molecule has 1 heterocycles. The summed E-state index contributed by atoms with van der Waals surface area (Å²) < 4.78 is 0. The van der Waals surface area contributed by atoms with Gasteiger partial charge in [-0.1, -0.05) is 0 Å². The van der Waals surface area contributed by atoms with Gasteiger partial charge in [-0.25, -0.2) is 4.98 Å². The number of carbonyl (C=O) groups is 1. The predicted molar refractivity (Wildman–Crippen MR) is 65.7 cm³/mol. The molecule has 1 aromatic heterocycles. The van der Waals surface area contributed by atoms with Crippen molar-refractivity contribution in [3.05, 3.63) is 15.6 Å². The molecule has 2 nitrogen and oxygen atoms in total. The van der Waals surface area contributed by atoms with E-state index in [0.29, 0.717) is 6.42 Å². The third-order valence-corrected chi connectivity index (χ3v) is 4.11. The lowest BCUT2D eigenvalue weighted by Gasteiger charge is -2.06. The largest absolute Gasteiger partial charge is 0.288 e. The van der Waals surface area contributed by atoms with Crippen molar-refractivity contribution in [3.63, 3.8) is 0 Å². The van der Waals surface area contributed by atoms with E-state index >= 15 is 0 Å². The van der Waals surface area contributed by atoms with Crippen LogP contribution in [-0.2, 0) is 24.1 Å². The van der Waals surface area contributed by atoms with Crippen LogP contribution < -0.4 is 0 Å². The smallest absolute Gasteiger partial charge is 0.185 e. The highest BCUT2D eigenvalue weighted by Gasteiger charge is 2.14. The molecule has 0 spiro atoms. The normalized spacial score (nSPS) is 15.0. The molecule has 1 aliphatic carbocycles.